The number of nitrogens with one attached hydrogen (secondary N) is 1. The van der Waals surface area contributed by atoms with Gasteiger partial charge in [0.25, 0.3) is 5.91 Å². The maximum absolute atomic E-state index is 12.0. The van der Waals surface area contributed by atoms with Crippen molar-refractivity contribution in [3.05, 3.63) is 28.8 Å². The summed E-state index contributed by atoms with van der Waals surface area (Å²) >= 11 is 6.01. The molecular formula is C15H22Cl2N2O. The summed E-state index contributed by atoms with van der Waals surface area (Å²) in [5.41, 5.74) is 6.68. The van der Waals surface area contributed by atoms with Gasteiger partial charge >= 0.3 is 0 Å². The fourth-order valence-electron chi connectivity index (χ4n) is 2.68. The van der Waals surface area contributed by atoms with E-state index in [1.807, 2.05) is 0 Å². The molecule has 0 unspecified atom stereocenters. The lowest BCUT2D eigenvalue weighted by Crippen LogP contribution is -2.26. The molecule has 0 saturated heterocycles. The summed E-state index contributed by atoms with van der Waals surface area (Å²) in [6.07, 6.45) is 7.71. The summed E-state index contributed by atoms with van der Waals surface area (Å²) < 4.78 is 0. The Morgan fingerprint density at radius 2 is 2.00 bits per heavy atom. The molecule has 1 aromatic rings. The van der Waals surface area contributed by atoms with E-state index in [4.69, 9.17) is 17.3 Å². The number of nitrogen functional groups attached to an aromatic ring is 1. The summed E-state index contributed by atoms with van der Waals surface area (Å²) in [5.74, 6) is 0.664. The van der Waals surface area contributed by atoms with Gasteiger partial charge in [-0.15, -0.1) is 12.4 Å². The Hall–Kier alpha value is -0.930. The predicted molar refractivity (Wildman–Crippen MR) is 86.6 cm³/mol. The second kappa shape index (κ2) is 8.38. The third-order valence-electron chi connectivity index (χ3n) is 3.80. The maximum Gasteiger partial charge on any atom is 0.252 e. The second-order valence-electron chi connectivity index (χ2n) is 5.29. The van der Waals surface area contributed by atoms with Gasteiger partial charge in [-0.2, -0.15) is 0 Å². The first-order chi connectivity index (χ1) is 9.16. The lowest BCUT2D eigenvalue weighted by molar-refractivity contribution is 0.0950. The molecule has 112 valence electrons. The Morgan fingerprint density at radius 1 is 1.30 bits per heavy atom. The average Bonchev–Trinajstić information content (AvgIpc) is 2.39. The number of nitrogens with two attached hydrogens (primary N) is 1. The molecule has 20 heavy (non-hydrogen) atoms. The topological polar surface area (TPSA) is 55.1 Å². The maximum atomic E-state index is 12.0. The number of halogens is 2. The van der Waals surface area contributed by atoms with Crippen LogP contribution in [-0.4, -0.2) is 12.5 Å². The van der Waals surface area contributed by atoms with Crippen LogP contribution in [0.2, 0.25) is 5.02 Å². The van der Waals surface area contributed by atoms with Gasteiger partial charge in [-0.3, -0.25) is 4.79 Å². The number of carbonyl (C=O) groups excluding carboxylic acids is 1. The Balaban J connectivity index is 0.00000200. The number of hydrogen-bond donors (Lipinski definition) is 2. The number of hydrogen-bond acceptors (Lipinski definition) is 2. The van der Waals surface area contributed by atoms with Crippen molar-refractivity contribution in [1.82, 2.24) is 5.32 Å². The van der Waals surface area contributed by atoms with Gasteiger partial charge in [0.15, 0.2) is 0 Å². The summed E-state index contributed by atoms with van der Waals surface area (Å²) in [5, 5.41) is 3.35. The molecule has 5 heteroatoms. The van der Waals surface area contributed by atoms with Gasteiger partial charge in [0.05, 0.1) is 10.6 Å². The highest BCUT2D eigenvalue weighted by Crippen LogP contribution is 2.26. The molecule has 3 nitrogen and oxygen atoms in total. The summed E-state index contributed by atoms with van der Waals surface area (Å²) in [7, 11) is 0. The highest BCUT2D eigenvalue weighted by atomic mass is 35.5. The molecule has 1 amide bonds. The zero-order valence-corrected chi connectivity index (χ0v) is 13.1. The first-order valence-corrected chi connectivity index (χ1v) is 7.38. The first-order valence-electron chi connectivity index (χ1n) is 7.00. The Kier molecular flexibility index (Phi) is 7.17. The summed E-state index contributed by atoms with van der Waals surface area (Å²) in [6.45, 7) is 0.726. The molecule has 0 radical (unpaired) electrons. The van der Waals surface area contributed by atoms with Gasteiger partial charge in [0.1, 0.15) is 0 Å². The minimum Gasteiger partial charge on any atom is -0.399 e. The standard InChI is InChI=1S/C15H21ClN2O.ClH/c16-14-10-12(17)6-7-13(14)15(19)18-9-8-11-4-2-1-3-5-11;/h6-7,10-11H,1-5,8-9,17H2,(H,18,19);1H. The monoisotopic (exact) mass is 316 g/mol. The summed E-state index contributed by atoms with van der Waals surface area (Å²) in [6, 6.07) is 4.98. The van der Waals surface area contributed by atoms with E-state index < -0.39 is 0 Å². The fraction of sp³-hybridized carbons (Fsp3) is 0.533. The van der Waals surface area contributed by atoms with Gasteiger partial charge in [0.2, 0.25) is 0 Å². The van der Waals surface area contributed by atoms with E-state index in [9.17, 15) is 4.79 Å². The van der Waals surface area contributed by atoms with Crippen LogP contribution in [0, 0.1) is 5.92 Å². The number of benzene rings is 1. The van der Waals surface area contributed by atoms with Gasteiger partial charge in [-0.1, -0.05) is 43.7 Å². The summed E-state index contributed by atoms with van der Waals surface area (Å²) in [4.78, 5) is 12.0. The van der Waals surface area contributed by atoms with Crippen LogP contribution in [0.3, 0.4) is 0 Å². The van der Waals surface area contributed by atoms with E-state index in [2.05, 4.69) is 5.32 Å². The molecule has 1 saturated carbocycles. The largest absolute Gasteiger partial charge is 0.399 e. The van der Waals surface area contributed by atoms with Crippen LogP contribution in [-0.2, 0) is 0 Å². The Labute approximate surface area is 131 Å². The van der Waals surface area contributed by atoms with Crippen molar-refractivity contribution in [3.63, 3.8) is 0 Å². The van der Waals surface area contributed by atoms with Crippen LogP contribution >= 0.6 is 24.0 Å². The highest BCUT2D eigenvalue weighted by molar-refractivity contribution is 6.34. The molecule has 0 heterocycles. The molecule has 3 N–H and O–H groups in total. The molecule has 1 fully saturated rings. The van der Waals surface area contributed by atoms with Crippen molar-refractivity contribution in [3.8, 4) is 0 Å². The van der Waals surface area contributed by atoms with Gasteiger partial charge in [0, 0.05) is 12.2 Å². The predicted octanol–water partition coefficient (Wildman–Crippen LogP) is 4.04. The average molecular weight is 317 g/mol. The molecule has 0 bridgehead atoms. The van der Waals surface area contributed by atoms with Crippen LogP contribution in [0.15, 0.2) is 18.2 Å². The lowest BCUT2D eigenvalue weighted by Gasteiger charge is -2.21. The van der Waals surface area contributed by atoms with Crippen molar-refractivity contribution < 1.29 is 4.79 Å². The third-order valence-corrected chi connectivity index (χ3v) is 4.11. The normalized spacial score (nSPS) is 15.4. The Bertz CT molecular complexity index is 445. The van der Waals surface area contributed by atoms with E-state index in [0.717, 1.165) is 18.9 Å². The van der Waals surface area contributed by atoms with Crippen LogP contribution in [0.4, 0.5) is 5.69 Å². The molecule has 0 aliphatic heterocycles. The SMILES string of the molecule is Cl.Nc1ccc(C(=O)NCCC2CCCCC2)c(Cl)c1. The number of rotatable bonds is 4. The van der Waals surface area contributed by atoms with Crippen LogP contribution in [0.1, 0.15) is 48.9 Å². The molecule has 2 rings (SSSR count). The first kappa shape index (κ1) is 17.1. The van der Waals surface area contributed by atoms with E-state index in [1.54, 1.807) is 18.2 Å². The van der Waals surface area contributed by atoms with Crippen molar-refractivity contribution in [2.75, 3.05) is 12.3 Å². The minimum atomic E-state index is -0.110. The fourth-order valence-corrected chi connectivity index (χ4v) is 2.95. The van der Waals surface area contributed by atoms with Crippen LogP contribution < -0.4 is 11.1 Å². The van der Waals surface area contributed by atoms with Crippen molar-refractivity contribution in [1.29, 1.82) is 0 Å². The molecule has 1 aliphatic rings. The van der Waals surface area contributed by atoms with Crippen molar-refractivity contribution in [2.24, 2.45) is 5.92 Å². The quantitative estimate of drug-likeness (QED) is 0.823. The number of carbonyl (C=O) groups is 1. The molecule has 1 aromatic carbocycles. The van der Waals surface area contributed by atoms with E-state index in [-0.39, 0.29) is 18.3 Å². The molecular weight excluding hydrogens is 295 g/mol. The van der Waals surface area contributed by atoms with Crippen molar-refractivity contribution >= 4 is 35.6 Å². The smallest absolute Gasteiger partial charge is 0.252 e. The van der Waals surface area contributed by atoms with Gasteiger partial charge < -0.3 is 11.1 Å². The van der Waals surface area contributed by atoms with Crippen molar-refractivity contribution in [2.45, 2.75) is 38.5 Å². The van der Waals surface area contributed by atoms with E-state index >= 15 is 0 Å². The van der Waals surface area contributed by atoms with Crippen LogP contribution in [0.5, 0.6) is 0 Å². The molecule has 1 aliphatic carbocycles. The zero-order chi connectivity index (χ0) is 13.7. The molecule has 0 spiro atoms. The molecule has 0 aromatic heterocycles. The van der Waals surface area contributed by atoms with Gasteiger partial charge in [-0.05, 0) is 30.5 Å². The third kappa shape index (κ3) is 4.88. The zero-order valence-electron chi connectivity index (χ0n) is 11.5. The van der Waals surface area contributed by atoms with E-state index in [0.29, 0.717) is 16.3 Å². The highest BCUT2D eigenvalue weighted by Gasteiger charge is 2.14. The lowest BCUT2D eigenvalue weighted by atomic mass is 9.87. The Morgan fingerprint density at radius 3 is 2.65 bits per heavy atom. The van der Waals surface area contributed by atoms with E-state index in [1.165, 1.54) is 32.1 Å². The second-order valence-corrected chi connectivity index (χ2v) is 5.70. The minimum absolute atomic E-state index is 0. The number of anilines is 1. The molecule has 0 atom stereocenters. The number of amides is 1. The van der Waals surface area contributed by atoms with Gasteiger partial charge in [-0.25, -0.2) is 0 Å². The van der Waals surface area contributed by atoms with Crippen LogP contribution in [0.25, 0.3) is 0 Å².